The number of nitrogens with zero attached hydrogens (tertiary/aromatic N) is 4. The van der Waals surface area contributed by atoms with E-state index in [1.165, 1.54) is 0 Å². The van der Waals surface area contributed by atoms with Crippen LogP contribution in [0.25, 0.3) is 22.4 Å². The van der Waals surface area contributed by atoms with Crippen molar-refractivity contribution in [1.29, 1.82) is 0 Å². The molecule has 3 amide bonds. The van der Waals surface area contributed by atoms with Gasteiger partial charge in [-0.05, 0) is 43.5 Å². The van der Waals surface area contributed by atoms with Gasteiger partial charge in [0.15, 0.2) is 5.16 Å². The summed E-state index contributed by atoms with van der Waals surface area (Å²) < 4.78 is 3.31. The molecule has 0 radical (unpaired) electrons. The number of amides is 3. The molecule has 2 heterocycles. The lowest BCUT2D eigenvalue weighted by Crippen LogP contribution is -2.43. The van der Waals surface area contributed by atoms with Gasteiger partial charge in [0, 0.05) is 6.54 Å². The number of hydrogen-bond donors (Lipinski definition) is 2. The topological polar surface area (TPSA) is 110 Å². The van der Waals surface area contributed by atoms with E-state index in [0.717, 1.165) is 17.3 Å². The molecule has 0 aliphatic carbocycles. The maximum atomic E-state index is 13.4. The summed E-state index contributed by atoms with van der Waals surface area (Å²) >= 11 is 1.16. The van der Waals surface area contributed by atoms with Crippen LogP contribution in [-0.2, 0) is 4.79 Å². The predicted octanol–water partition coefficient (Wildman–Crippen LogP) is 3.30. The Balaban J connectivity index is 1.74. The van der Waals surface area contributed by atoms with Gasteiger partial charge < -0.3 is 5.32 Å². The average Bonchev–Trinajstić information content (AvgIpc) is 3.22. The zero-order valence-corrected chi connectivity index (χ0v) is 20.2. The molecular weight excluding hydrogens is 452 g/mol. The van der Waals surface area contributed by atoms with Crippen molar-refractivity contribution >= 4 is 40.4 Å². The first kappa shape index (κ1) is 23.5. The molecule has 1 unspecified atom stereocenters. The molecule has 0 aliphatic heterocycles. The molecular formula is C24H26N6O3S. The minimum atomic E-state index is -0.630. The van der Waals surface area contributed by atoms with Crippen LogP contribution in [-0.4, -0.2) is 42.9 Å². The highest BCUT2D eigenvalue weighted by molar-refractivity contribution is 8.00. The van der Waals surface area contributed by atoms with E-state index < -0.39 is 17.2 Å². The first-order valence-corrected chi connectivity index (χ1v) is 11.9. The SMILES string of the molecule is Cc1ccccc1-n1c(=O)c2ccccc2n2c(SC(C)C(=O)NC(=O)NCC(C)C)nnc12. The van der Waals surface area contributed by atoms with Gasteiger partial charge in [-0.15, -0.1) is 10.2 Å². The highest BCUT2D eigenvalue weighted by Crippen LogP contribution is 2.26. The Morgan fingerprint density at radius 1 is 1.03 bits per heavy atom. The van der Waals surface area contributed by atoms with Crippen molar-refractivity contribution in [2.45, 2.75) is 38.1 Å². The van der Waals surface area contributed by atoms with E-state index in [0.29, 0.717) is 34.1 Å². The minimum Gasteiger partial charge on any atom is -0.338 e. The monoisotopic (exact) mass is 478 g/mol. The summed E-state index contributed by atoms with van der Waals surface area (Å²) in [5.41, 5.74) is 2.06. The second-order valence-corrected chi connectivity index (χ2v) is 9.72. The maximum Gasteiger partial charge on any atom is 0.321 e. The number of imide groups is 1. The third-order valence-electron chi connectivity index (χ3n) is 5.31. The van der Waals surface area contributed by atoms with Crippen LogP contribution in [0.15, 0.2) is 58.5 Å². The lowest BCUT2D eigenvalue weighted by Gasteiger charge is -2.14. The fourth-order valence-corrected chi connectivity index (χ4v) is 4.41. The van der Waals surface area contributed by atoms with E-state index in [4.69, 9.17) is 0 Å². The molecule has 176 valence electrons. The molecule has 2 aromatic carbocycles. The van der Waals surface area contributed by atoms with Gasteiger partial charge in [0.2, 0.25) is 11.7 Å². The lowest BCUT2D eigenvalue weighted by molar-refractivity contribution is -0.119. The van der Waals surface area contributed by atoms with Crippen LogP contribution in [0.5, 0.6) is 0 Å². The van der Waals surface area contributed by atoms with Crippen LogP contribution in [0.2, 0.25) is 0 Å². The molecule has 4 rings (SSSR count). The Bertz CT molecular complexity index is 1440. The second kappa shape index (κ2) is 9.68. The van der Waals surface area contributed by atoms with Crippen molar-refractivity contribution in [2.24, 2.45) is 5.92 Å². The van der Waals surface area contributed by atoms with Crippen LogP contribution in [0.1, 0.15) is 26.3 Å². The molecule has 34 heavy (non-hydrogen) atoms. The average molecular weight is 479 g/mol. The van der Waals surface area contributed by atoms with Crippen molar-refractivity contribution in [3.8, 4) is 5.69 Å². The third-order valence-corrected chi connectivity index (χ3v) is 6.35. The van der Waals surface area contributed by atoms with E-state index in [1.807, 2.05) is 57.2 Å². The fraction of sp³-hybridized carbons (Fsp3) is 0.292. The molecule has 1 atom stereocenters. The van der Waals surface area contributed by atoms with E-state index in [-0.39, 0.29) is 11.5 Å². The van der Waals surface area contributed by atoms with Gasteiger partial charge in [-0.25, -0.2) is 9.36 Å². The number of rotatable bonds is 6. The number of fused-ring (bicyclic) bond motifs is 3. The number of aryl methyl sites for hydroxylation is 1. The second-order valence-electron chi connectivity index (χ2n) is 8.42. The highest BCUT2D eigenvalue weighted by Gasteiger charge is 2.23. The molecule has 2 aromatic heterocycles. The Hall–Kier alpha value is -3.66. The van der Waals surface area contributed by atoms with Crippen molar-refractivity contribution < 1.29 is 9.59 Å². The summed E-state index contributed by atoms with van der Waals surface area (Å²) in [4.78, 5) is 38.0. The summed E-state index contributed by atoms with van der Waals surface area (Å²) in [5, 5.41) is 14.0. The number of carbonyl (C=O) groups excluding carboxylic acids is 2. The van der Waals surface area contributed by atoms with E-state index in [2.05, 4.69) is 20.8 Å². The largest absolute Gasteiger partial charge is 0.338 e. The molecule has 4 aromatic rings. The van der Waals surface area contributed by atoms with Crippen LogP contribution in [0.3, 0.4) is 0 Å². The molecule has 2 N–H and O–H groups in total. The van der Waals surface area contributed by atoms with Crippen molar-refractivity contribution in [2.75, 3.05) is 6.54 Å². The summed E-state index contributed by atoms with van der Waals surface area (Å²) in [6, 6.07) is 14.3. The summed E-state index contributed by atoms with van der Waals surface area (Å²) in [5.74, 6) is 0.177. The van der Waals surface area contributed by atoms with Gasteiger partial charge in [0.1, 0.15) is 0 Å². The number of carbonyl (C=O) groups is 2. The van der Waals surface area contributed by atoms with Gasteiger partial charge in [0.05, 0.1) is 21.8 Å². The first-order chi connectivity index (χ1) is 16.3. The quantitative estimate of drug-likeness (QED) is 0.412. The number of benzene rings is 2. The number of aromatic nitrogens is 4. The fourth-order valence-electron chi connectivity index (χ4n) is 3.55. The third kappa shape index (κ3) is 4.54. The van der Waals surface area contributed by atoms with Crippen LogP contribution < -0.4 is 16.2 Å². The van der Waals surface area contributed by atoms with E-state index in [1.54, 1.807) is 28.0 Å². The minimum absolute atomic E-state index is 0.200. The van der Waals surface area contributed by atoms with E-state index in [9.17, 15) is 14.4 Å². The predicted molar refractivity (Wildman–Crippen MR) is 133 cm³/mol. The molecule has 0 bridgehead atoms. The Morgan fingerprint density at radius 3 is 2.47 bits per heavy atom. The number of nitrogens with one attached hydrogen (secondary N) is 2. The summed E-state index contributed by atoms with van der Waals surface area (Å²) in [7, 11) is 0. The maximum absolute atomic E-state index is 13.4. The lowest BCUT2D eigenvalue weighted by atomic mass is 10.2. The number of hydrogen-bond acceptors (Lipinski definition) is 6. The molecule has 0 fully saturated rings. The first-order valence-electron chi connectivity index (χ1n) is 11.0. The molecule has 9 nitrogen and oxygen atoms in total. The standard InChI is InChI=1S/C24H26N6O3S/c1-14(2)13-25-22(33)26-20(31)16(4)34-24-28-27-23-29(18-11-7-5-9-15(18)3)21(32)17-10-6-8-12-19(17)30(23)24/h5-12,14,16H,13H2,1-4H3,(H2,25,26,31,33). The van der Waals surface area contributed by atoms with Crippen LogP contribution >= 0.6 is 11.8 Å². The molecule has 0 spiro atoms. The molecule has 0 aliphatic rings. The smallest absolute Gasteiger partial charge is 0.321 e. The normalized spacial score (nSPS) is 12.3. The molecule has 10 heteroatoms. The van der Waals surface area contributed by atoms with Gasteiger partial charge in [0.25, 0.3) is 5.56 Å². The number of urea groups is 1. The Kier molecular flexibility index (Phi) is 6.69. The zero-order valence-electron chi connectivity index (χ0n) is 19.4. The van der Waals surface area contributed by atoms with E-state index >= 15 is 0 Å². The molecule has 0 saturated carbocycles. The van der Waals surface area contributed by atoms with Crippen molar-refractivity contribution in [3.63, 3.8) is 0 Å². The van der Waals surface area contributed by atoms with Gasteiger partial charge in [-0.3, -0.25) is 19.3 Å². The van der Waals surface area contributed by atoms with Crippen molar-refractivity contribution in [1.82, 2.24) is 29.8 Å². The Labute approximate surface area is 200 Å². The van der Waals surface area contributed by atoms with Gasteiger partial charge >= 0.3 is 6.03 Å². The summed E-state index contributed by atoms with van der Waals surface area (Å²) in [6.07, 6.45) is 0. The highest BCUT2D eigenvalue weighted by atomic mass is 32.2. The van der Waals surface area contributed by atoms with Crippen LogP contribution in [0, 0.1) is 12.8 Å². The van der Waals surface area contributed by atoms with Crippen LogP contribution in [0.4, 0.5) is 4.79 Å². The summed E-state index contributed by atoms with van der Waals surface area (Å²) in [6.45, 7) is 8.03. The molecule has 0 saturated heterocycles. The zero-order chi connectivity index (χ0) is 24.4. The van der Waals surface area contributed by atoms with Gasteiger partial charge in [-0.1, -0.05) is 55.9 Å². The number of para-hydroxylation sites is 2. The van der Waals surface area contributed by atoms with Crippen molar-refractivity contribution in [3.05, 3.63) is 64.4 Å². The Morgan fingerprint density at radius 2 is 1.74 bits per heavy atom. The number of thioether (sulfide) groups is 1. The van der Waals surface area contributed by atoms with Gasteiger partial charge in [-0.2, -0.15) is 0 Å².